The molecule has 23 heavy (non-hydrogen) atoms. The van der Waals surface area contributed by atoms with Gasteiger partial charge in [0.15, 0.2) is 0 Å². The van der Waals surface area contributed by atoms with E-state index < -0.39 is 5.60 Å². The SMILES string of the molecule is CC(C)(C)OC(=O)N1CCC(Nc2cnc3ccccc3n2)C1. The van der Waals surface area contributed by atoms with Crippen LogP contribution in [0, 0.1) is 0 Å². The molecule has 3 rings (SSSR count). The van der Waals surface area contributed by atoms with Crippen LogP contribution in [-0.4, -0.2) is 45.7 Å². The summed E-state index contributed by atoms with van der Waals surface area (Å²) in [5, 5.41) is 3.36. The van der Waals surface area contributed by atoms with Gasteiger partial charge in [0.1, 0.15) is 11.4 Å². The molecule has 2 heterocycles. The van der Waals surface area contributed by atoms with Crippen molar-refractivity contribution in [2.45, 2.75) is 38.8 Å². The Kier molecular flexibility index (Phi) is 4.07. The van der Waals surface area contributed by atoms with Crippen molar-refractivity contribution in [3.63, 3.8) is 0 Å². The molecule has 0 spiro atoms. The van der Waals surface area contributed by atoms with Gasteiger partial charge in [0.05, 0.1) is 17.2 Å². The van der Waals surface area contributed by atoms with Crippen molar-refractivity contribution in [1.29, 1.82) is 0 Å². The molecule has 6 heteroatoms. The number of para-hydroxylation sites is 2. The number of fused-ring (bicyclic) bond motifs is 1. The number of benzene rings is 1. The van der Waals surface area contributed by atoms with E-state index in [0.29, 0.717) is 13.1 Å². The Morgan fingerprint density at radius 2 is 2.04 bits per heavy atom. The van der Waals surface area contributed by atoms with Crippen LogP contribution in [0.3, 0.4) is 0 Å². The van der Waals surface area contributed by atoms with E-state index >= 15 is 0 Å². The number of nitrogens with one attached hydrogen (secondary N) is 1. The summed E-state index contributed by atoms with van der Waals surface area (Å²) < 4.78 is 5.41. The Morgan fingerprint density at radius 1 is 1.30 bits per heavy atom. The lowest BCUT2D eigenvalue weighted by molar-refractivity contribution is 0.0293. The van der Waals surface area contributed by atoms with Crippen LogP contribution in [0.1, 0.15) is 27.2 Å². The molecule has 0 radical (unpaired) electrons. The third kappa shape index (κ3) is 3.88. The molecule has 1 unspecified atom stereocenters. The first-order chi connectivity index (χ1) is 10.9. The lowest BCUT2D eigenvalue weighted by atomic mass is 10.2. The first-order valence-corrected chi connectivity index (χ1v) is 7.87. The van der Waals surface area contributed by atoms with E-state index in [1.165, 1.54) is 0 Å². The highest BCUT2D eigenvalue weighted by molar-refractivity contribution is 5.75. The fraction of sp³-hybridized carbons (Fsp3) is 0.471. The number of rotatable bonds is 2. The zero-order valence-electron chi connectivity index (χ0n) is 13.7. The fourth-order valence-corrected chi connectivity index (χ4v) is 2.61. The van der Waals surface area contributed by atoms with Gasteiger partial charge in [-0.25, -0.2) is 9.78 Å². The van der Waals surface area contributed by atoms with Crippen LogP contribution in [0.4, 0.5) is 10.6 Å². The van der Waals surface area contributed by atoms with Gasteiger partial charge < -0.3 is 15.0 Å². The van der Waals surface area contributed by atoms with Crippen LogP contribution >= 0.6 is 0 Å². The molecule has 0 bridgehead atoms. The summed E-state index contributed by atoms with van der Waals surface area (Å²) in [7, 11) is 0. The lowest BCUT2D eigenvalue weighted by Crippen LogP contribution is -2.36. The Labute approximate surface area is 135 Å². The van der Waals surface area contributed by atoms with E-state index in [0.717, 1.165) is 23.3 Å². The monoisotopic (exact) mass is 314 g/mol. The molecular weight excluding hydrogens is 292 g/mol. The van der Waals surface area contributed by atoms with Crippen molar-refractivity contribution < 1.29 is 9.53 Å². The first-order valence-electron chi connectivity index (χ1n) is 7.87. The first kappa shape index (κ1) is 15.5. The van der Waals surface area contributed by atoms with Gasteiger partial charge in [0.2, 0.25) is 0 Å². The number of aromatic nitrogens is 2. The third-order valence-corrected chi connectivity index (χ3v) is 3.64. The highest BCUT2D eigenvalue weighted by Gasteiger charge is 2.29. The van der Waals surface area contributed by atoms with Gasteiger partial charge in [-0.2, -0.15) is 0 Å². The average molecular weight is 314 g/mol. The van der Waals surface area contributed by atoms with Gasteiger partial charge >= 0.3 is 6.09 Å². The predicted molar refractivity (Wildman–Crippen MR) is 89.4 cm³/mol. The van der Waals surface area contributed by atoms with Crippen molar-refractivity contribution in [3.8, 4) is 0 Å². The summed E-state index contributed by atoms with van der Waals surface area (Å²) in [4.78, 5) is 22.8. The van der Waals surface area contributed by atoms with E-state index in [4.69, 9.17) is 4.74 Å². The second kappa shape index (κ2) is 6.02. The van der Waals surface area contributed by atoms with Crippen LogP contribution in [0.15, 0.2) is 30.5 Å². The van der Waals surface area contributed by atoms with E-state index in [2.05, 4.69) is 15.3 Å². The normalized spacial score (nSPS) is 18.2. The van der Waals surface area contributed by atoms with Gasteiger partial charge in [0, 0.05) is 19.1 Å². The van der Waals surface area contributed by atoms with Crippen molar-refractivity contribution in [3.05, 3.63) is 30.5 Å². The minimum Gasteiger partial charge on any atom is -0.444 e. The Hall–Kier alpha value is -2.37. The van der Waals surface area contributed by atoms with Gasteiger partial charge in [-0.3, -0.25) is 4.98 Å². The maximum Gasteiger partial charge on any atom is 0.410 e. The Balaban J connectivity index is 1.61. The van der Waals surface area contributed by atoms with Gasteiger partial charge in [-0.05, 0) is 39.3 Å². The molecule has 1 saturated heterocycles. The lowest BCUT2D eigenvalue weighted by Gasteiger charge is -2.24. The Morgan fingerprint density at radius 3 is 2.78 bits per heavy atom. The van der Waals surface area contributed by atoms with Crippen LogP contribution in [0.25, 0.3) is 11.0 Å². The molecule has 1 fully saturated rings. The quantitative estimate of drug-likeness (QED) is 0.923. The summed E-state index contributed by atoms with van der Waals surface area (Å²) in [5.74, 6) is 0.736. The second-order valence-corrected chi connectivity index (χ2v) is 6.80. The van der Waals surface area contributed by atoms with Crippen molar-refractivity contribution >= 4 is 22.9 Å². The molecule has 0 aliphatic carbocycles. The minimum atomic E-state index is -0.466. The molecule has 6 nitrogen and oxygen atoms in total. The molecule has 1 N–H and O–H groups in total. The molecule has 1 aromatic carbocycles. The Bertz CT molecular complexity index is 711. The molecule has 1 aliphatic heterocycles. The maximum atomic E-state index is 12.1. The molecular formula is C17H22N4O2. The summed E-state index contributed by atoms with van der Waals surface area (Å²) >= 11 is 0. The predicted octanol–water partition coefficient (Wildman–Crippen LogP) is 3.05. The third-order valence-electron chi connectivity index (χ3n) is 3.64. The van der Waals surface area contributed by atoms with Crippen molar-refractivity contribution in [1.82, 2.24) is 14.9 Å². The standard InChI is InChI=1S/C17H22N4O2/c1-17(2,3)23-16(22)21-9-8-12(11-21)19-15-10-18-13-6-4-5-7-14(13)20-15/h4-7,10,12H,8-9,11H2,1-3H3,(H,19,20). The number of amides is 1. The van der Waals surface area contributed by atoms with E-state index in [-0.39, 0.29) is 12.1 Å². The zero-order valence-corrected chi connectivity index (χ0v) is 13.7. The van der Waals surface area contributed by atoms with Crippen LogP contribution in [0.2, 0.25) is 0 Å². The summed E-state index contributed by atoms with van der Waals surface area (Å²) in [6.07, 6.45) is 2.35. The number of carbonyl (C=O) groups is 1. The van der Waals surface area contributed by atoms with Crippen molar-refractivity contribution in [2.75, 3.05) is 18.4 Å². The fourth-order valence-electron chi connectivity index (χ4n) is 2.61. The van der Waals surface area contributed by atoms with Gasteiger partial charge in [-0.1, -0.05) is 12.1 Å². The van der Waals surface area contributed by atoms with Crippen LogP contribution in [0.5, 0.6) is 0 Å². The minimum absolute atomic E-state index is 0.165. The molecule has 2 aromatic rings. The van der Waals surface area contributed by atoms with E-state index in [1.54, 1.807) is 11.1 Å². The number of hydrogen-bond donors (Lipinski definition) is 1. The van der Waals surface area contributed by atoms with Crippen LogP contribution < -0.4 is 5.32 Å². The maximum absolute atomic E-state index is 12.1. The average Bonchev–Trinajstić information content (AvgIpc) is 2.94. The second-order valence-electron chi connectivity index (χ2n) is 6.80. The number of hydrogen-bond acceptors (Lipinski definition) is 5. The topological polar surface area (TPSA) is 67.3 Å². The number of anilines is 1. The summed E-state index contributed by atoms with van der Waals surface area (Å²) in [6, 6.07) is 7.93. The summed E-state index contributed by atoms with van der Waals surface area (Å²) in [6.45, 7) is 6.93. The number of ether oxygens (including phenoxy) is 1. The van der Waals surface area contributed by atoms with E-state index in [1.807, 2.05) is 45.0 Å². The highest BCUT2D eigenvalue weighted by Crippen LogP contribution is 2.19. The number of carbonyl (C=O) groups excluding carboxylic acids is 1. The molecule has 122 valence electrons. The molecule has 0 saturated carbocycles. The smallest absolute Gasteiger partial charge is 0.410 e. The van der Waals surface area contributed by atoms with Crippen LogP contribution in [-0.2, 0) is 4.74 Å². The largest absolute Gasteiger partial charge is 0.444 e. The molecule has 1 aliphatic rings. The van der Waals surface area contributed by atoms with Gasteiger partial charge in [0.25, 0.3) is 0 Å². The molecule has 1 amide bonds. The van der Waals surface area contributed by atoms with Crippen molar-refractivity contribution in [2.24, 2.45) is 0 Å². The summed E-state index contributed by atoms with van der Waals surface area (Å²) in [5.41, 5.74) is 1.27. The number of likely N-dealkylation sites (tertiary alicyclic amines) is 1. The molecule has 1 atom stereocenters. The van der Waals surface area contributed by atoms with E-state index in [9.17, 15) is 4.79 Å². The zero-order chi connectivity index (χ0) is 16.4. The highest BCUT2D eigenvalue weighted by atomic mass is 16.6. The molecule has 1 aromatic heterocycles. The van der Waals surface area contributed by atoms with Gasteiger partial charge in [-0.15, -0.1) is 0 Å². The number of nitrogens with zero attached hydrogens (tertiary/aromatic N) is 3.